The molecule has 0 amide bonds. The van der Waals surface area contributed by atoms with E-state index in [2.05, 4.69) is 33.4 Å². The second kappa shape index (κ2) is 4.64. The van der Waals surface area contributed by atoms with Crippen molar-refractivity contribution in [3.63, 3.8) is 0 Å². The molecule has 2 rings (SSSR count). The summed E-state index contributed by atoms with van der Waals surface area (Å²) in [5.74, 6) is 0. The first-order valence-corrected chi connectivity index (χ1v) is 6.18. The molecule has 1 aromatic carbocycles. The first-order chi connectivity index (χ1) is 7.27. The van der Waals surface area contributed by atoms with Crippen LogP contribution < -0.4 is 5.32 Å². The van der Waals surface area contributed by atoms with Crippen molar-refractivity contribution < 1.29 is 5.11 Å². The van der Waals surface area contributed by atoms with Crippen molar-refractivity contribution in [1.29, 1.82) is 0 Å². The molecule has 0 aromatic heterocycles. The number of aliphatic hydroxyl groups is 1. The lowest BCUT2D eigenvalue weighted by molar-refractivity contribution is 0.131. The number of piperidine rings is 1. The summed E-state index contributed by atoms with van der Waals surface area (Å²) in [6.45, 7) is 1.17. The van der Waals surface area contributed by atoms with E-state index in [-0.39, 0.29) is 12.1 Å². The van der Waals surface area contributed by atoms with Crippen molar-refractivity contribution in [2.75, 3.05) is 13.2 Å². The smallest absolute Gasteiger partial charge is 0.0669 e. The van der Waals surface area contributed by atoms with Gasteiger partial charge in [-0.1, -0.05) is 28.1 Å². The summed E-state index contributed by atoms with van der Waals surface area (Å²) in [5.41, 5.74) is 0.978. The van der Waals surface area contributed by atoms with Crippen LogP contribution in [0.4, 0.5) is 0 Å². The molecule has 0 spiro atoms. The Bertz CT molecular complexity index is 317. The zero-order chi connectivity index (χ0) is 10.7. The molecule has 2 nitrogen and oxygen atoms in total. The lowest BCUT2D eigenvalue weighted by Crippen LogP contribution is -2.48. The van der Waals surface area contributed by atoms with Gasteiger partial charge in [-0.2, -0.15) is 0 Å². The van der Waals surface area contributed by atoms with Crippen LogP contribution in [0.25, 0.3) is 0 Å². The summed E-state index contributed by atoms with van der Waals surface area (Å²) in [6, 6.07) is 8.23. The molecule has 3 heteroatoms. The van der Waals surface area contributed by atoms with Gasteiger partial charge in [-0.15, -0.1) is 0 Å². The quantitative estimate of drug-likeness (QED) is 0.865. The highest BCUT2D eigenvalue weighted by atomic mass is 79.9. The fourth-order valence-corrected chi connectivity index (χ4v) is 2.47. The van der Waals surface area contributed by atoms with Crippen molar-refractivity contribution in [2.24, 2.45) is 0 Å². The van der Waals surface area contributed by atoms with Crippen LogP contribution in [-0.4, -0.2) is 18.3 Å². The number of rotatable bonds is 2. The molecule has 0 bridgehead atoms. The second-order valence-corrected chi connectivity index (χ2v) is 5.05. The largest absolute Gasteiger partial charge is 0.394 e. The average molecular weight is 270 g/mol. The van der Waals surface area contributed by atoms with E-state index >= 15 is 0 Å². The molecular formula is C12H16BrNO. The van der Waals surface area contributed by atoms with Crippen LogP contribution in [0, 0.1) is 0 Å². The van der Waals surface area contributed by atoms with Crippen LogP contribution in [0.15, 0.2) is 28.7 Å². The highest BCUT2D eigenvalue weighted by Crippen LogP contribution is 2.30. The topological polar surface area (TPSA) is 32.3 Å². The molecule has 82 valence electrons. The minimum atomic E-state index is -0.209. The van der Waals surface area contributed by atoms with Gasteiger partial charge in [0.15, 0.2) is 0 Å². The molecule has 0 saturated carbocycles. The van der Waals surface area contributed by atoms with Gasteiger partial charge in [0.1, 0.15) is 0 Å². The van der Waals surface area contributed by atoms with E-state index in [0.717, 1.165) is 17.4 Å². The number of nitrogens with one attached hydrogen (secondary N) is 1. The summed E-state index contributed by atoms with van der Waals surface area (Å²) in [4.78, 5) is 0. The van der Waals surface area contributed by atoms with Gasteiger partial charge in [0, 0.05) is 4.47 Å². The number of halogens is 1. The van der Waals surface area contributed by atoms with E-state index in [9.17, 15) is 5.11 Å². The number of hydrogen-bond donors (Lipinski definition) is 2. The maximum absolute atomic E-state index is 9.59. The molecule has 1 aromatic rings. The van der Waals surface area contributed by atoms with Crippen molar-refractivity contribution >= 4 is 15.9 Å². The fourth-order valence-electron chi connectivity index (χ4n) is 2.21. The van der Waals surface area contributed by atoms with Gasteiger partial charge in [0.2, 0.25) is 0 Å². The summed E-state index contributed by atoms with van der Waals surface area (Å²) in [7, 11) is 0. The van der Waals surface area contributed by atoms with Gasteiger partial charge in [0.05, 0.1) is 12.1 Å². The standard InChI is InChI=1S/C12H16BrNO/c13-11-5-3-10(4-6-11)12(9-15)7-1-2-8-14-12/h3-6,14-15H,1-2,7-9H2. The van der Waals surface area contributed by atoms with Crippen molar-refractivity contribution in [3.05, 3.63) is 34.3 Å². The van der Waals surface area contributed by atoms with Gasteiger partial charge in [0.25, 0.3) is 0 Å². The Morgan fingerprint density at radius 3 is 2.53 bits per heavy atom. The number of aliphatic hydroxyl groups excluding tert-OH is 1. The molecule has 1 aliphatic rings. The second-order valence-electron chi connectivity index (χ2n) is 4.13. The van der Waals surface area contributed by atoms with Crippen LogP contribution in [0.2, 0.25) is 0 Å². The third-order valence-corrected chi connectivity index (χ3v) is 3.69. The zero-order valence-electron chi connectivity index (χ0n) is 8.67. The third-order valence-electron chi connectivity index (χ3n) is 3.16. The van der Waals surface area contributed by atoms with Crippen LogP contribution in [0.1, 0.15) is 24.8 Å². The first kappa shape index (κ1) is 11.1. The molecule has 1 heterocycles. The summed E-state index contributed by atoms with van der Waals surface area (Å²) in [5, 5.41) is 13.0. The number of hydrogen-bond acceptors (Lipinski definition) is 2. The molecule has 0 aliphatic carbocycles. The summed E-state index contributed by atoms with van der Waals surface area (Å²) >= 11 is 3.43. The Kier molecular flexibility index (Phi) is 3.44. The molecule has 15 heavy (non-hydrogen) atoms. The molecular weight excluding hydrogens is 254 g/mol. The van der Waals surface area contributed by atoms with Crippen LogP contribution >= 0.6 is 15.9 Å². The van der Waals surface area contributed by atoms with E-state index < -0.39 is 0 Å². The van der Waals surface area contributed by atoms with Gasteiger partial charge in [-0.25, -0.2) is 0 Å². The lowest BCUT2D eigenvalue weighted by atomic mass is 9.83. The van der Waals surface area contributed by atoms with Crippen molar-refractivity contribution in [1.82, 2.24) is 5.32 Å². The van der Waals surface area contributed by atoms with E-state index in [1.54, 1.807) is 0 Å². The Morgan fingerprint density at radius 2 is 2.00 bits per heavy atom. The Balaban J connectivity index is 2.28. The van der Waals surface area contributed by atoms with Crippen LogP contribution in [0.3, 0.4) is 0 Å². The normalized spacial score (nSPS) is 26.5. The lowest BCUT2D eigenvalue weighted by Gasteiger charge is -2.37. The minimum Gasteiger partial charge on any atom is -0.394 e. The zero-order valence-corrected chi connectivity index (χ0v) is 10.3. The maximum atomic E-state index is 9.59. The molecule has 1 atom stereocenters. The average Bonchev–Trinajstić information content (AvgIpc) is 2.31. The van der Waals surface area contributed by atoms with Gasteiger partial charge in [-0.3, -0.25) is 0 Å². The highest BCUT2D eigenvalue weighted by molar-refractivity contribution is 9.10. The van der Waals surface area contributed by atoms with Crippen LogP contribution in [0.5, 0.6) is 0 Å². The molecule has 1 saturated heterocycles. The predicted octanol–water partition coefficient (Wildman–Crippen LogP) is 2.41. The van der Waals surface area contributed by atoms with E-state index in [1.165, 1.54) is 18.4 Å². The molecule has 2 N–H and O–H groups in total. The first-order valence-electron chi connectivity index (χ1n) is 5.39. The molecule has 1 unspecified atom stereocenters. The highest BCUT2D eigenvalue weighted by Gasteiger charge is 2.32. The SMILES string of the molecule is OCC1(c2ccc(Br)cc2)CCCCN1. The Morgan fingerprint density at radius 1 is 1.27 bits per heavy atom. The number of benzene rings is 1. The van der Waals surface area contributed by atoms with Gasteiger partial charge >= 0.3 is 0 Å². The fraction of sp³-hybridized carbons (Fsp3) is 0.500. The maximum Gasteiger partial charge on any atom is 0.0669 e. The molecule has 1 aliphatic heterocycles. The molecule has 0 radical (unpaired) electrons. The predicted molar refractivity (Wildman–Crippen MR) is 64.8 cm³/mol. The summed E-state index contributed by atoms with van der Waals surface area (Å²) < 4.78 is 1.08. The van der Waals surface area contributed by atoms with Crippen molar-refractivity contribution in [2.45, 2.75) is 24.8 Å². The minimum absolute atomic E-state index is 0.175. The van der Waals surface area contributed by atoms with E-state index in [4.69, 9.17) is 0 Å². The molecule has 1 fully saturated rings. The van der Waals surface area contributed by atoms with Crippen LogP contribution in [-0.2, 0) is 5.54 Å². The van der Waals surface area contributed by atoms with E-state index in [0.29, 0.717) is 0 Å². The summed E-state index contributed by atoms with van der Waals surface area (Å²) in [6.07, 6.45) is 3.41. The van der Waals surface area contributed by atoms with E-state index in [1.807, 2.05) is 12.1 Å². The monoisotopic (exact) mass is 269 g/mol. The van der Waals surface area contributed by atoms with Gasteiger partial charge in [-0.05, 0) is 43.5 Å². The third kappa shape index (κ3) is 2.25. The van der Waals surface area contributed by atoms with Crippen molar-refractivity contribution in [3.8, 4) is 0 Å². The van der Waals surface area contributed by atoms with Gasteiger partial charge < -0.3 is 10.4 Å². The Labute approximate surface area is 98.8 Å². The Hall–Kier alpha value is -0.380.